The Labute approximate surface area is 79.9 Å². The molecule has 13 heavy (non-hydrogen) atoms. The first-order valence-corrected chi connectivity index (χ1v) is 4.49. The fraction of sp³-hybridized carbons (Fsp3) is 0.455. The molecule has 0 unspecified atom stereocenters. The lowest BCUT2D eigenvalue weighted by Gasteiger charge is -2.01. The van der Waals surface area contributed by atoms with Gasteiger partial charge in [0.25, 0.3) is 0 Å². The minimum absolute atomic E-state index is 0.125. The lowest BCUT2D eigenvalue weighted by molar-refractivity contribution is 0.186. The van der Waals surface area contributed by atoms with Crippen LogP contribution in [0.15, 0.2) is 30.3 Å². The summed E-state index contributed by atoms with van der Waals surface area (Å²) in [5.74, 6) is 0.659. The SMILES string of the molecule is CC(C)c1ccccc1.OCCO. The zero-order valence-electron chi connectivity index (χ0n) is 8.27. The molecule has 0 spiro atoms. The van der Waals surface area contributed by atoms with Crippen molar-refractivity contribution >= 4 is 0 Å². The Morgan fingerprint density at radius 2 is 1.46 bits per heavy atom. The second kappa shape index (κ2) is 7.77. The van der Waals surface area contributed by atoms with Gasteiger partial charge in [-0.1, -0.05) is 44.2 Å². The van der Waals surface area contributed by atoms with E-state index < -0.39 is 0 Å². The van der Waals surface area contributed by atoms with Gasteiger partial charge in [0.1, 0.15) is 0 Å². The van der Waals surface area contributed by atoms with E-state index in [4.69, 9.17) is 10.2 Å². The van der Waals surface area contributed by atoms with Crippen LogP contribution in [0.2, 0.25) is 0 Å². The van der Waals surface area contributed by atoms with Crippen LogP contribution in [0, 0.1) is 0 Å². The first-order chi connectivity index (χ1) is 6.22. The van der Waals surface area contributed by atoms with Gasteiger partial charge in [-0.3, -0.25) is 0 Å². The van der Waals surface area contributed by atoms with Gasteiger partial charge < -0.3 is 10.2 Å². The van der Waals surface area contributed by atoms with Crippen molar-refractivity contribution in [2.75, 3.05) is 13.2 Å². The van der Waals surface area contributed by atoms with Gasteiger partial charge in [0, 0.05) is 0 Å². The Balaban J connectivity index is 0.000000310. The highest BCUT2D eigenvalue weighted by Crippen LogP contribution is 2.11. The van der Waals surface area contributed by atoms with Gasteiger partial charge in [-0.2, -0.15) is 0 Å². The molecule has 1 aromatic rings. The van der Waals surface area contributed by atoms with Crippen molar-refractivity contribution in [1.29, 1.82) is 0 Å². The minimum atomic E-state index is -0.125. The molecular formula is C11H18O2. The van der Waals surface area contributed by atoms with Crippen LogP contribution in [0.25, 0.3) is 0 Å². The summed E-state index contributed by atoms with van der Waals surface area (Å²) in [5, 5.41) is 15.2. The van der Waals surface area contributed by atoms with E-state index in [1.54, 1.807) is 0 Å². The molecule has 0 saturated carbocycles. The largest absolute Gasteiger partial charge is 0.394 e. The molecule has 0 fully saturated rings. The third-order valence-corrected chi connectivity index (χ3v) is 1.57. The summed E-state index contributed by atoms with van der Waals surface area (Å²) in [6.07, 6.45) is 0. The summed E-state index contributed by atoms with van der Waals surface area (Å²) in [4.78, 5) is 0. The van der Waals surface area contributed by atoms with E-state index in [0.717, 1.165) is 0 Å². The smallest absolute Gasteiger partial charge is 0.0662 e. The predicted molar refractivity (Wildman–Crippen MR) is 54.7 cm³/mol. The van der Waals surface area contributed by atoms with Gasteiger partial charge >= 0.3 is 0 Å². The minimum Gasteiger partial charge on any atom is -0.394 e. The summed E-state index contributed by atoms with van der Waals surface area (Å²) in [7, 11) is 0. The Bertz CT molecular complexity index is 193. The molecule has 2 heteroatoms. The number of aliphatic hydroxyl groups excluding tert-OH is 2. The monoisotopic (exact) mass is 182 g/mol. The molecule has 0 bridgehead atoms. The van der Waals surface area contributed by atoms with Gasteiger partial charge in [-0.25, -0.2) is 0 Å². The molecule has 2 nitrogen and oxygen atoms in total. The molecule has 0 saturated heterocycles. The topological polar surface area (TPSA) is 40.5 Å². The van der Waals surface area contributed by atoms with Crippen molar-refractivity contribution in [3.63, 3.8) is 0 Å². The average molecular weight is 182 g/mol. The molecule has 0 aliphatic carbocycles. The van der Waals surface area contributed by atoms with Gasteiger partial charge in [-0.15, -0.1) is 0 Å². The molecule has 0 heterocycles. The predicted octanol–water partition coefficient (Wildman–Crippen LogP) is 1.78. The van der Waals surface area contributed by atoms with Gasteiger partial charge in [0.15, 0.2) is 0 Å². The fourth-order valence-corrected chi connectivity index (χ4v) is 0.838. The highest BCUT2D eigenvalue weighted by molar-refractivity contribution is 5.17. The van der Waals surface area contributed by atoms with Crippen LogP contribution in [-0.2, 0) is 0 Å². The van der Waals surface area contributed by atoms with E-state index in [1.807, 2.05) is 6.07 Å². The van der Waals surface area contributed by atoms with E-state index in [-0.39, 0.29) is 13.2 Å². The molecular weight excluding hydrogens is 164 g/mol. The van der Waals surface area contributed by atoms with Crippen molar-refractivity contribution in [1.82, 2.24) is 0 Å². The van der Waals surface area contributed by atoms with Crippen molar-refractivity contribution in [2.24, 2.45) is 0 Å². The first-order valence-electron chi connectivity index (χ1n) is 4.49. The molecule has 1 aromatic carbocycles. The molecule has 0 amide bonds. The molecule has 0 aromatic heterocycles. The van der Waals surface area contributed by atoms with E-state index in [0.29, 0.717) is 5.92 Å². The highest BCUT2D eigenvalue weighted by Gasteiger charge is 1.93. The molecule has 74 valence electrons. The van der Waals surface area contributed by atoms with Crippen molar-refractivity contribution in [3.8, 4) is 0 Å². The standard InChI is InChI=1S/C9H12.C2H6O2/c1-8(2)9-6-4-3-5-7-9;3-1-2-4/h3-8H,1-2H3;3-4H,1-2H2. The van der Waals surface area contributed by atoms with E-state index in [9.17, 15) is 0 Å². The first kappa shape index (κ1) is 12.1. The Kier molecular flexibility index (Phi) is 7.26. The van der Waals surface area contributed by atoms with Crippen LogP contribution in [0.5, 0.6) is 0 Å². The van der Waals surface area contributed by atoms with Crippen LogP contribution in [-0.4, -0.2) is 23.4 Å². The van der Waals surface area contributed by atoms with Gasteiger partial charge in [0.05, 0.1) is 13.2 Å². The number of benzene rings is 1. The lowest BCUT2D eigenvalue weighted by atomic mass is 10.0. The lowest BCUT2D eigenvalue weighted by Crippen LogP contribution is -1.85. The van der Waals surface area contributed by atoms with Crippen molar-refractivity contribution < 1.29 is 10.2 Å². The van der Waals surface area contributed by atoms with Gasteiger partial charge in [0.2, 0.25) is 0 Å². The highest BCUT2D eigenvalue weighted by atomic mass is 16.3. The second-order valence-corrected chi connectivity index (χ2v) is 3.01. The molecule has 0 radical (unpaired) electrons. The van der Waals surface area contributed by atoms with Crippen LogP contribution in [0.3, 0.4) is 0 Å². The van der Waals surface area contributed by atoms with Crippen LogP contribution in [0.4, 0.5) is 0 Å². The maximum absolute atomic E-state index is 7.62. The normalized spacial score (nSPS) is 9.31. The summed E-state index contributed by atoms with van der Waals surface area (Å²) in [6.45, 7) is 4.16. The maximum Gasteiger partial charge on any atom is 0.0662 e. The number of rotatable bonds is 2. The summed E-state index contributed by atoms with van der Waals surface area (Å²) >= 11 is 0. The van der Waals surface area contributed by atoms with Crippen molar-refractivity contribution in [3.05, 3.63) is 35.9 Å². The molecule has 0 atom stereocenters. The average Bonchev–Trinajstić information content (AvgIpc) is 2.19. The Hall–Kier alpha value is -0.860. The van der Waals surface area contributed by atoms with E-state index >= 15 is 0 Å². The number of aliphatic hydroxyl groups is 2. The van der Waals surface area contributed by atoms with E-state index in [2.05, 4.69) is 38.1 Å². The number of hydrogen-bond acceptors (Lipinski definition) is 2. The molecule has 0 aliphatic heterocycles. The molecule has 1 rings (SSSR count). The zero-order chi connectivity index (χ0) is 10.1. The maximum atomic E-state index is 7.62. The third-order valence-electron chi connectivity index (χ3n) is 1.57. The molecule has 2 N–H and O–H groups in total. The summed E-state index contributed by atoms with van der Waals surface area (Å²) in [6, 6.07) is 10.5. The number of hydrogen-bond donors (Lipinski definition) is 2. The fourth-order valence-electron chi connectivity index (χ4n) is 0.838. The molecule has 0 aliphatic rings. The van der Waals surface area contributed by atoms with Gasteiger partial charge in [-0.05, 0) is 11.5 Å². The summed E-state index contributed by atoms with van der Waals surface area (Å²) < 4.78 is 0. The Morgan fingerprint density at radius 1 is 1.00 bits per heavy atom. The zero-order valence-corrected chi connectivity index (χ0v) is 8.27. The quantitative estimate of drug-likeness (QED) is 0.732. The van der Waals surface area contributed by atoms with Crippen LogP contribution < -0.4 is 0 Å². The van der Waals surface area contributed by atoms with E-state index in [1.165, 1.54) is 5.56 Å². The van der Waals surface area contributed by atoms with Crippen molar-refractivity contribution in [2.45, 2.75) is 19.8 Å². The Morgan fingerprint density at radius 3 is 1.69 bits per heavy atom. The second-order valence-electron chi connectivity index (χ2n) is 3.01. The summed E-state index contributed by atoms with van der Waals surface area (Å²) in [5.41, 5.74) is 1.41. The third kappa shape index (κ3) is 6.31. The van der Waals surface area contributed by atoms with Crippen LogP contribution >= 0.6 is 0 Å². The van der Waals surface area contributed by atoms with Crippen LogP contribution in [0.1, 0.15) is 25.3 Å².